The Morgan fingerprint density at radius 1 is 0.297 bits per heavy atom. The van der Waals surface area contributed by atoms with Crippen molar-refractivity contribution in [2.24, 2.45) is 0 Å². The normalized spacial score (nSPS) is 12.4. The summed E-state index contributed by atoms with van der Waals surface area (Å²) in [7, 11) is -2.90. The van der Waals surface area contributed by atoms with Gasteiger partial charge in [0.2, 0.25) is 0 Å². The maximum absolute atomic E-state index is 6.72. The number of fused-ring (bicyclic) bond motifs is 8. The number of hydrogen-bond acceptors (Lipinski definition) is 4. The average Bonchev–Trinajstić information content (AvgIpc) is 3.80. The van der Waals surface area contributed by atoms with E-state index in [0.717, 1.165) is 94.2 Å². The van der Waals surface area contributed by atoms with Crippen molar-refractivity contribution in [3.63, 3.8) is 0 Å². The van der Waals surface area contributed by atoms with Crippen molar-refractivity contribution >= 4 is 126 Å². The molecule has 0 atom stereocenters. The fourth-order valence-corrected chi connectivity index (χ4v) is 11.6. The van der Waals surface area contributed by atoms with Crippen LogP contribution in [0.25, 0.3) is 65.4 Å². The maximum Gasteiger partial charge on any atom is 0.136 e. The van der Waals surface area contributed by atoms with Crippen molar-refractivity contribution in [3.05, 3.63) is 181 Å². The molecule has 11 rings (SSSR count). The molecule has 2 heterocycles. The molecule has 11 aromatic rings. The van der Waals surface area contributed by atoms with Crippen molar-refractivity contribution in [1.29, 1.82) is 0 Å². The predicted octanol–water partition coefficient (Wildman–Crippen LogP) is 16.4. The third-order valence-corrected chi connectivity index (χ3v) is 17.2. The van der Waals surface area contributed by atoms with Crippen molar-refractivity contribution in [3.8, 4) is 0 Å². The average molecular weight is 865 g/mol. The van der Waals surface area contributed by atoms with Crippen LogP contribution in [0, 0.1) is 13.8 Å². The number of aryl methyl sites for hydroxylation is 2. The minimum absolute atomic E-state index is 0.855. The van der Waals surface area contributed by atoms with Gasteiger partial charge in [-0.1, -0.05) is 121 Å². The lowest BCUT2D eigenvalue weighted by Crippen LogP contribution is -2.37. The van der Waals surface area contributed by atoms with Gasteiger partial charge in [-0.2, -0.15) is 0 Å². The number of hydrogen-bond donors (Lipinski definition) is 0. The Morgan fingerprint density at radius 2 is 0.594 bits per heavy atom. The van der Waals surface area contributed by atoms with Crippen LogP contribution in [0.5, 0.6) is 0 Å². The van der Waals surface area contributed by atoms with E-state index in [1.165, 1.54) is 26.9 Å². The van der Waals surface area contributed by atoms with Gasteiger partial charge in [-0.25, -0.2) is 0 Å². The Morgan fingerprint density at radius 3 is 0.938 bits per heavy atom. The fraction of sp³-hybridized carbons (Fsp3) is 0.138. The second-order valence-corrected chi connectivity index (χ2v) is 29.9. The predicted molar refractivity (Wildman–Crippen MR) is 281 cm³/mol. The van der Waals surface area contributed by atoms with Gasteiger partial charge in [0.15, 0.2) is 0 Å². The Balaban J connectivity index is 0.983. The Kier molecular flexibility index (Phi) is 9.28. The van der Waals surface area contributed by atoms with Gasteiger partial charge < -0.3 is 18.6 Å². The molecule has 0 saturated heterocycles. The standard InChI is InChI=1S/C58H52N2O2Si2/c1-37-9-15-43(16-10-37)59(44-17-11-38(2)12-18-44)47-19-13-39-31-51-53-35-58-54(36-57(53)61-55(51)33-41(39)29-47)52-32-40-14-20-48(30-42(40)34-56(52)62-58)60(45-21-25-49(26-22-45)63(3,4)5)46-23-27-50(28-24-46)64(6,7)8/h9-36H,1-8H3. The van der Waals surface area contributed by atoms with Crippen LogP contribution in [0.15, 0.2) is 179 Å². The van der Waals surface area contributed by atoms with Gasteiger partial charge in [-0.3, -0.25) is 0 Å². The molecule has 0 aliphatic heterocycles. The fourth-order valence-electron chi connectivity index (χ4n) is 9.29. The van der Waals surface area contributed by atoms with Crippen LogP contribution in [-0.2, 0) is 0 Å². The monoisotopic (exact) mass is 864 g/mol. The molecule has 0 N–H and O–H groups in total. The second-order valence-electron chi connectivity index (χ2n) is 19.7. The summed E-state index contributed by atoms with van der Waals surface area (Å²) in [6.45, 7) is 18.7. The van der Waals surface area contributed by atoms with E-state index in [1.807, 2.05) is 0 Å². The number of anilines is 6. The first kappa shape index (κ1) is 39.9. The molecule has 4 nitrogen and oxygen atoms in total. The minimum atomic E-state index is -1.45. The van der Waals surface area contributed by atoms with Crippen LogP contribution in [0.2, 0.25) is 39.3 Å². The first-order valence-corrected chi connectivity index (χ1v) is 29.4. The third-order valence-electron chi connectivity index (χ3n) is 13.0. The first-order valence-electron chi connectivity index (χ1n) is 22.4. The molecular formula is C58H52N2O2Si2. The molecule has 9 aromatic carbocycles. The molecule has 0 aliphatic carbocycles. The summed E-state index contributed by atoms with van der Waals surface area (Å²) in [6.07, 6.45) is 0. The summed E-state index contributed by atoms with van der Waals surface area (Å²) in [5.74, 6) is 0. The molecule has 0 fully saturated rings. The first-order chi connectivity index (χ1) is 30.7. The zero-order chi connectivity index (χ0) is 44.1. The minimum Gasteiger partial charge on any atom is -0.456 e. The summed E-state index contributed by atoms with van der Waals surface area (Å²) in [5, 5.41) is 11.8. The molecule has 0 spiro atoms. The molecule has 0 aliphatic rings. The highest BCUT2D eigenvalue weighted by molar-refractivity contribution is 6.89. The summed E-state index contributed by atoms with van der Waals surface area (Å²) < 4.78 is 13.4. The summed E-state index contributed by atoms with van der Waals surface area (Å²) in [6, 6.07) is 62.7. The number of rotatable bonds is 8. The molecule has 314 valence electrons. The molecule has 0 amide bonds. The molecule has 0 saturated carbocycles. The van der Waals surface area contributed by atoms with E-state index in [9.17, 15) is 0 Å². The summed E-state index contributed by atoms with van der Waals surface area (Å²) in [5.41, 5.74) is 12.7. The van der Waals surface area contributed by atoms with Crippen LogP contribution in [-0.4, -0.2) is 16.1 Å². The highest BCUT2D eigenvalue weighted by Gasteiger charge is 2.22. The third kappa shape index (κ3) is 7.07. The molecule has 6 heteroatoms. The lowest BCUT2D eigenvalue weighted by molar-refractivity contribution is 0.664. The lowest BCUT2D eigenvalue weighted by atomic mass is 10.0. The zero-order valence-corrected chi connectivity index (χ0v) is 39.9. The van der Waals surface area contributed by atoms with E-state index < -0.39 is 16.1 Å². The quantitative estimate of drug-likeness (QED) is 0.143. The smallest absolute Gasteiger partial charge is 0.136 e. The number of benzene rings is 9. The summed E-state index contributed by atoms with van der Waals surface area (Å²) >= 11 is 0. The largest absolute Gasteiger partial charge is 0.456 e. The molecule has 0 unspecified atom stereocenters. The van der Waals surface area contributed by atoms with E-state index in [2.05, 4.69) is 233 Å². The highest BCUT2D eigenvalue weighted by atomic mass is 28.3. The van der Waals surface area contributed by atoms with Crippen LogP contribution < -0.4 is 20.2 Å². The highest BCUT2D eigenvalue weighted by Crippen LogP contribution is 2.42. The van der Waals surface area contributed by atoms with Gasteiger partial charge >= 0.3 is 0 Å². The molecule has 64 heavy (non-hydrogen) atoms. The number of furan rings is 2. The van der Waals surface area contributed by atoms with Crippen molar-refractivity contribution in [2.75, 3.05) is 9.80 Å². The van der Waals surface area contributed by atoms with Crippen LogP contribution >= 0.6 is 0 Å². The number of nitrogens with zero attached hydrogens (tertiary/aromatic N) is 2. The van der Waals surface area contributed by atoms with Gasteiger partial charge in [0.05, 0.1) is 16.1 Å². The molecular weight excluding hydrogens is 813 g/mol. The van der Waals surface area contributed by atoms with Gasteiger partial charge in [-0.15, -0.1) is 0 Å². The maximum atomic E-state index is 6.72. The second kappa shape index (κ2) is 14.9. The SMILES string of the molecule is Cc1ccc(N(c2ccc(C)cc2)c2ccc3cc4c(cc3c2)oc2cc3c(cc24)oc2cc4cc(N(c5ccc([Si](C)(C)C)cc5)c5ccc([Si](C)(C)C)cc5)ccc4cc23)cc1. The van der Waals surface area contributed by atoms with Crippen molar-refractivity contribution < 1.29 is 8.83 Å². The Hall–Kier alpha value is -6.87. The van der Waals surface area contributed by atoms with Gasteiger partial charge in [0.1, 0.15) is 22.3 Å². The van der Waals surface area contributed by atoms with Gasteiger partial charge in [0, 0.05) is 55.7 Å². The van der Waals surface area contributed by atoms with Crippen LogP contribution in [0.1, 0.15) is 11.1 Å². The van der Waals surface area contributed by atoms with E-state index in [1.54, 1.807) is 0 Å². The van der Waals surface area contributed by atoms with E-state index in [0.29, 0.717) is 0 Å². The summed E-state index contributed by atoms with van der Waals surface area (Å²) in [4.78, 5) is 4.71. The molecule has 0 bridgehead atoms. The Labute approximate surface area is 377 Å². The van der Waals surface area contributed by atoms with E-state index in [-0.39, 0.29) is 0 Å². The Bertz CT molecular complexity index is 3470. The van der Waals surface area contributed by atoms with E-state index >= 15 is 0 Å². The van der Waals surface area contributed by atoms with Crippen LogP contribution in [0.3, 0.4) is 0 Å². The van der Waals surface area contributed by atoms with Gasteiger partial charge in [0.25, 0.3) is 0 Å². The van der Waals surface area contributed by atoms with Crippen molar-refractivity contribution in [1.82, 2.24) is 0 Å². The zero-order valence-electron chi connectivity index (χ0n) is 37.9. The molecule has 2 aromatic heterocycles. The van der Waals surface area contributed by atoms with Gasteiger partial charge in [-0.05, 0) is 145 Å². The van der Waals surface area contributed by atoms with Crippen molar-refractivity contribution in [2.45, 2.75) is 53.1 Å². The topological polar surface area (TPSA) is 32.8 Å². The van der Waals surface area contributed by atoms with Crippen LogP contribution in [0.4, 0.5) is 34.1 Å². The molecule has 0 radical (unpaired) electrons. The van der Waals surface area contributed by atoms with E-state index in [4.69, 9.17) is 8.83 Å². The lowest BCUT2D eigenvalue weighted by Gasteiger charge is -2.28.